The number of nitrogens with one attached hydrogen (secondary N) is 1. The molecule has 0 spiro atoms. The maximum Gasteiger partial charge on any atom is 0.248 e. The average Bonchev–Trinajstić information content (AvgIpc) is 2.71. The Labute approximate surface area is 193 Å². The molecule has 2 aromatic rings. The van der Waals surface area contributed by atoms with Crippen molar-refractivity contribution >= 4 is 33.6 Å². The number of hydrogen-bond donors (Lipinski definition) is 1. The maximum atomic E-state index is 13.3. The zero-order chi connectivity index (χ0) is 23.0. The summed E-state index contributed by atoms with van der Waals surface area (Å²) in [6.45, 7) is 9.87. The van der Waals surface area contributed by atoms with Crippen molar-refractivity contribution < 1.29 is 13.9 Å². The van der Waals surface area contributed by atoms with Crippen LogP contribution in [0.3, 0.4) is 0 Å². The highest BCUT2D eigenvalue weighted by Gasteiger charge is 2.13. The van der Waals surface area contributed by atoms with Crippen LogP contribution in [-0.2, 0) is 11.2 Å². The number of anilines is 1. The summed E-state index contributed by atoms with van der Waals surface area (Å²) < 4.78 is 19.2. The van der Waals surface area contributed by atoms with E-state index in [1.54, 1.807) is 25.3 Å². The van der Waals surface area contributed by atoms with E-state index in [1.807, 2.05) is 18.2 Å². The van der Waals surface area contributed by atoms with Crippen molar-refractivity contribution in [3.63, 3.8) is 0 Å². The van der Waals surface area contributed by atoms with E-state index in [2.05, 4.69) is 53.8 Å². The molecule has 31 heavy (non-hydrogen) atoms. The van der Waals surface area contributed by atoms with Crippen LogP contribution in [0, 0.1) is 5.82 Å². The lowest BCUT2D eigenvalue weighted by molar-refractivity contribution is -0.111. The lowest BCUT2D eigenvalue weighted by Gasteiger charge is -2.30. The number of hydrogen-bond acceptors (Lipinski definition) is 3. The third-order valence-electron chi connectivity index (χ3n) is 5.11. The largest absolute Gasteiger partial charge is 0.496 e. The summed E-state index contributed by atoms with van der Waals surface area (Å²) in [6, 6.07) is 11.3. The van der Waals surface area contributed by atoms with Crippen molar-refractivity contribution in [3.8, 4) is 5.75 Å². The fourth-order valence-corrected chi connectivity index (χ4v) is 3.98. The molecule has 0 aromatic heterocycles. The summed E-state index contributed by atoms with van der Waals surface area (Å²) in [5.41, 5.74) is 2.52. The lowest BCUT2D eigenvalue weighted by Crippen LogP contribution is -2.37. The molecule has 6 heteroatoms. The number of amides is 1. The highest BCUT2D eigenvalue weighted by Crippen LogP contribution is 2.25. The summed E-state index contributed by atoms with van der Waals surface area (Å²) in [5.74, 6) is 0.241. The minimum Gasteiger partial charge on any atom is -0.496 e. The molecule has 0 bridgehead atoms. The van der Waals surface area contributed by atoms with Crippen molar-refractivity contribution in [2.45, 2.75) is 52.6 Å². The predicted octanol–water partition coefficient (Wildman–Crippen LogP) is 6.30. The van der Waals surface area contributed by atoms with Gasteiger partial charge in [0, 0.05) is 23.8 Å². The van der Waals surface area contributed by atoms with Crippen molar-refractivity contribution in [3.05, 3.63) is 63.9 Å². The molecule has 1 N–H and O–H groups in total. The number of nitrogens with zero attached hydrogens (tertiary/aromatic N) is 1. The fraction of sp³-hybridized carbons (Fsp3) is 0.400. The first kappa shape index (κ1) is 25.1. The van der Waals surface area contributed by atoms with Gasteiger partial charge in [0.15, 0.2) is 0 Å². The van der Waals surface area contributed by atoms with Gasteiger partial charge in [0.1, 0.15) is 11.6 Å². The summed E-state index contributed by atoms with van der Waals surface area (Å²) in [6.07, 6.45) is 4.95. The molecule has 0 atom stereocenters. The summed E-state index contributed by atoms with van der Waals surface area (Å²) in [5, 5.41) is 2.89. The van der Waals surface area contributed by atoms with Gasteiger partial charge in [-0.25, -0.2) is 4.39 Å². The Kier molecular flexibility index (Phi) is 9.72. The molecule has 0 heterocycles. The first-order valence-electron chi connectivity index (χ1n) is 10.6. The third-order valence-corrected chi connectivity index (χ3v) is 5.72. The Morgan fingerprint density at radius 3 is 2.48 bits per heavy atom. The first-order chi connectivity index (χ1) is 14.7. The van der Waals surface area contributed by atoms with Gasteiger partial charge in [-0.2, -0.15) is 0 Å². The summed E-state index contributed by atoms with van der Waals surface area (Å²) >= 11 is 3.15. The SMILES string of the molecule is COc1ccc(NC(=O)/C=C/c2ccc(F)c(Br)c2)cc1CCCN(C(C)C)C(C)C. The molecule has 2 rings (SSSR count). The lowest BCUT2D eigenvalue weighted by atomic mass is 10.1. The van der Waals surface area contributed by atoms with Gasteiger partial charge < -0.3 is 10.1 Å². The summed E-state index contributed by atoms with van der Waals surface area (Å²) in [4.78, 5) is 14.8. The van der Waals surface area contributed by atoms with E-state index in [1.165, 1.54) is 12.1 Å². The van der Waals surface area contributed by atoms with E-state index in [-0.39, 0.29) is 11.7 Å². The Bertz CT molecular complexity index is 904. The Balaban J connectivity index is 2.02. The number of carbonyl (C=O) groups excluding carboxylic acids is 1. The van der Waals surface area contributed by atoms with Gasteiger partial charge in [0.2, 0.25) is 5.91 Å². The van der Waals surface area contributed by atoms with Crippen LogP contribution in [0.4, 0.5) is 10.1 Å². The monoisotopic (exact) mass is 490 g/mol. The van der Waals surface area contributed by atoms with Crippen molar-refractivity contribution in [2.75, 3.05) is 19.0 Å². The number of halogens is 2. The van der Waals surface area contributed by atoms with Crippen LogP contribution in [0.25, 0.3) is 6.08 Å². The normalized spacial score (nSPS) is 11.7. The first-order valence-corrected chi connectivity index (χ1v) is 11.4. The molecule has 1 amide bonds. The van der Waals surface area contributed by atoms with Gasteiger partial charge in [-0.15, -0.1) is 0 Å². The number of aryl methyl sites for hydroxylation is 1. The van der Waals surface area contributed by atoms with E-state index in [0.29, 0.717) is 16.6 Å². The van der Waals surface area contributed by atoms with Crippen LogP contribution in [-0.4, -0.2) is 36.5 Å². The molecule has 0 aliphatic heterocycles. The minimum absolute atomic E-state index is 0.248. The van der Waals surface area contributed by atoms with Crippen LogP contribution in [0.15, 0.2) is 46.9 Å². The molecule has 0 unspecified atom stereocenters. The van der Waals surface area contributed by atoms with E-state index in [0.717, 1.165) is 42.0 Å². The molecule has 2 aromatic carbocycles. The standard InChI is InChI=1S/C25H32BrFN2O2/c1-17(2)29(18(3)4)14-6-7-20-16-21(10-12-24(20)31-5)28-25(30)13-9-19-8-11-23(27)22(26)15-19/h8-13,15-18H,6-7,14H2,1-5H3,(H,28,30)/b13-9+. The van der Waals surface area contributed by atoms with E-state index in [9.17, 15) is 9.18 Å². The van der Waals surface area contributed by atoms with Gasteiger partial charge in [-0.3, -0.25) is 9.69 Å². The van der Waals surface area contributed by atoms with Crippen molar-refractivity contribution in [2.24, 2.45) is 0 Å². The number of carbonyl (C=O) groups is 1. The minimum atomic E-state index is -0.336. The van der Waals surface area contributed by atoms with Gasteiger partial charge in [0.25, 0.3) is 0 Å². The van der Waals surface area contributed by atoms with Crippen LogP contribution in [0.1, 0.15) is 45.2 Å². The molecule has 0 aliphatic carbocycles. The zero-order valence-electron chi connectivity index (χ0n) is 18.9. The highest BCUT2D eigenvalue weighted by atomic mass is 79.9. The van der Waals surface area contributed by atoms with Gasteiger partial charge in [0.05, 0.1) is 11.6 Å². The van der Waals surface area contributed by atoms with E-state index < -0.39 is 0 Å². The zero-order valence-corrected chi connectivity index (χ0v) is 20.5. The molecule has 0 radical (unpaired) electrons. The molecule has 0 fully saturated rings. The Hall–Kier alpha value is -2.18. The highest BCUT2D eigenvalue weighted by molar-refractivity contribution is 9.10. The molecule has 168 valence electrons. The van der Waals surface area contributed by atoms with E-state index >= 15 is 0 Å². The van der Waals surface area contributed by atoms with Gasteiger partial charge in [-0.05, 0) is 111 Å². The van der Waals surface area contributed by atoms with Crippen molar-refractivity contribution in [1.82, 2.24) is 4.90 Å². The van der Waals surface area contributed by atoms with Crippen LogP contribution in [0.5, 0.6) is 5.75 Å². The average molecular weight is 491 g/mol. The van der Waals surface area contributed by atoms with Crippen LogP contribution >= 0.6 is 15.9 Å². The van der Waals surface area contributed by atoms with Crippen LogP contribution in [0.2, 0.25) is 0 Å². The molecule has 0 aliphatic rings. The fourth-order valence-electron chi connectivity index (χ4n) is 3.59. The molecular formula is C25H32BrFN2O2. The maximum absolute atomic E-state index is 13.3. The second-order valence-electron chi connectivity index (χ2n) is 8.05. The van der Waals surface area contributed by atoms with Crippen LogP contribution < -0.4 is 10.1 Å². The molecule has 0 saturated carbocycles. The molecular weight excluding hydrogens is 459 g/mol. The second-order valence-corrected chi connectivity index (χ2v) is 8.91. The number of methoxy groups -OCH3 is 1. The van der Waals surface area contributed by atoms with Gasteiger partial charge in [-0.1, -0.05) is 6.07 Å². The Morgan fingerprint density at radius 2 is 1.87 bits per heavy atom. The number of benzene rings is 2. The number of rotatable bonds is 10. The van der Waals surface area contributed by atoms with Crippen molar-refractivity contribution in [1.29, 1.82) is 0 Å². The molecule has 4 nitrogen and oxygen atoms in total. The Morgan fingerprint density at radius 1 is 1.16 bits per heavy atom. The number of ether oxygens (including phenoxy) is 1. The topological polar surface area (TPSA) is 41.6 Å². The smallest absolute Gasteiger partial charge is 0.248 e. The predicted molar refractivity (Wildman–Crippen MR) is 130 cm³/mol. The summed E-state index contributed by atoms with van der Waals surface area (Å²) in [7, 11) is 1.66. The van der Waals surface area contributed by atoms with Gasteiger partial charge >= 0.3 is 0 Å². The molecule has 0 saturated heterocycles. The third kappa shape index (κ3) is 7.78. The quantitative estimate of drug-likeness (QED) is 0.397. The van der Waals surface area contributed by atoms with E-state index in [4.69, 9.17) is 4.74 Å². The second kappa shape index (κ2) is 12.0.